The van der Waals surface area contributed by atoms with Gasteiger partial charge in [0.1, 0.15) is 0 Å². The van der Waals surface area contributed by atoms with Crippen molar-refractivity contribution in [2.24, 2.45) is 0 Å². The molecule has 0 aliphatic heterocycles. The number of hydrogen-bond donors (Lipinski definition) is 1. The number of carboxylic acids is 1. The predicted octanol–water partition coefficient (Wildman–Crippen LogP) is 2.36. The highest BCUT2D eigenvalue weighted by molar-refractivity contribution is 7.10. The first-order chi connectivity index (χ1) is 6.59. The van der Waals surface area contributed by atoms with Gasteiger partial charge in [-0.05, 0) is 25.8 Å². The smallest absolute Gasteiger partial charge is 0.303 e. The van der Waals surface area contributed by atoms with Gasteiger partial charge < -0.3 is 5.11 Å². The average molecular weight is 212 g/mol. The molecule has 0 radical (unpaired) electrons. The van der Waals surface area contributed by atoms with E-state index in [1.54, 1.807) is 0 Å². The molecule has 4 heteroatoms. The average Bonchev–Trinajstić information content (AvgIpc) is 2.52. The zero-order valence-corrected chi connectivity index (χ0v) is 8.76. The maximum atomic E-state index is 11.0. The first-order valence-corrected chi connectivity index (χ1v) is 5.27. The van der Waals surface area contributed by atoms with E-state index in [-0.39, 0.29) is 12.2 Å². The maximum Gasteiger partial charge on any atom is 0.303 e. The van der Waals surface area contributed by atoms with Crippen molar-refractivity contribution in [1.82, 2.24) is 0 Å². The number of rotatable bonds is 5. The molecule has 0 aliphatic rings. The summed E-state index contributed by atoms with van der Waals surface area (Å²) in [6.07, 6.45) is 1.56. The number of ketones is 1. The third kappa shape index (κ3) is 3.30. The molecule has 1 N–H and O–H groups in total. The quantitative estimate of drug-likeness (QED) is 0.762. The van der Waals surface area contributed by atoms with Gasteiger partial charge in [0.2, 0.25) is 0 Å². The summed E-state index contributed by atoms with van der Waals surface area (Å²) in [6, 6.07) is 1.84. The number of carbonyl (C=O) groups is 2. The van der Waals surface area contributed by atoms with Crippen molar-refractivity contribution in [1.29, 1.82) is 0 Å². The van der Waals surface area contributed by atoms with Crippen LogP contribution < -0.4 is 0 Å². The molecule has 0 saturated heterocycles. The van der Waals surface area contributed by atoms with E-state index in [2.05, 4.69) is 0 Å². The molecule has 0 spiro atoms. The van der Waals surface area contributed by atoms with Crippen LogP contribution in [0.25, 0.3) is 0 Å². The Bertz CT molecular complexity index is 341. The van der Waals surface area contributed by atoms with E-state index in [1.807, 2.05) is 11.4 Å². The molecular formula is C10H12O3S. The summed E-state index contributed by atoms with van der Waals surface area (Å²) in [6.45, 7) is 1.53. The van der Waals surface area contributed by atoms with Crippen molar-refractivity contribution >= 4 is 23.1 Å². The summed E-state index contributed by atoms with van der Waals surface area (Å²) in [7, 11) is 0. The number of Topliss-reactive ketones (excluding diaryl/α,β-unsaturated/α-hetero) is 1. The first-order valence-electron chi connectivity index (χ1n) is 4.39. The van der Waals surface area contributed by atoms with Gasteiger partial charge in [0.25, 0.3) is 0 Å². The van der Waals surface area contributed by atoms with Gasteiger partial charge in [0.15, 0.2) is 5.78 Å². The lowest BCUT2D eigenvalue weighted by atomic mass is 10.2. The van der Waals surface area contributed by atoms with Gasteiger partial charge in [0, 0.05) is 22.2 Å². The Labute approximate surface area is 86.4 Å². The topological polar surface area (TPSA) is 54.4 Å². The fourth-order valence-corrected chi connectivity index (χ4v) is 2.08. The summed E-state index contributed by atoms with van der Waals surface area (Å²) in [5, 5.41) is 10.3. The molecular weight excluding hydrogens is 200 g/mol. The van der Waals surface area contributed by atoms with Crippen LogP contribution in [0.5, 0.6) is 0 Å². The molecule has 76 valence electrons. The van der Waals surface area contributed by atoms with Gasteiger partial charge in [-0.15, -0.1) is 11.3 Å². The first kappa shape index (κ1) is 10.9. The van der Waals surface area contributed by atoms with Crippen LogP contribution in [-0.2, 0) is 11.2 Å². The molecule has 0 unspecified atom stereocenters. The van der Waals surface area contributed by atoms with E-state index >= 15 is 0 Å². The Morgan fingerprint density at radius 2 is 2.21 bits per heavy atom. The number of aryl methyl sites for hydroxylation is 1. The van der Waals surface area contributed by atoms with Gasteiger partial charge >= 0.3 is 5.97 Å². The van der Waals surface area contributed by atoms with Gasteiger partial charge in [-0.1, -0.05) is 0 Å². The van der Waals surface area contributed by atoms with Gasteiger partial charge in [-0.2, -0.15) is 0 Å². The van der Waals surface area contributed by atoms with E-state index in [9.17, 15) is 9.59 Å². The molecule has 1 heterocycles. The van der Waals surface area contributed by atoms with Gasteiger partial charge in [-0.25, -0.2) is 0 Å². The van der Waals surface area contributed by atoms with Crippen molar-refractivity contribution in [3.05, 3.63) is 21.9 Å². The Kier molecular flexibility index (Phi) is 3.83. The molecule has 0 amide bonds. The molecule has 14 heavy (non-hydrogen) atoms. The summed E-state index contributed by atoms with van der Waals surface area (Å²) in [5.74, 6) is -0.709. The van der Waals surface area contributed by atoms with Crippen molar-refractivity contribution in [2.75, 3.05) is 0 Å². The highest BCUT2D eigenvalue weighted by Gasteiger charge is 2.04. The normalized spacial score (nSPS) is 10.1. The minimum atomic E-state index is -0.770. The number of carbonyl (C=O) groups excluding carboxylic acids is 1. The van der Waals surface area contributed by atoms with Crippen molar-refractivity contribution in [3.8, 4) is 0 Å². The van der Waals surface area contributed by atoms with E-state index in [0.717, 1.165) is 16.9 Å². The standard InChI is InChI=1S/C10H12O3S/c1-7(11)8-5-9(14-6-8)3-2-4-10(12)13/h5-6H,2-4H2,1H3,(H,12,13). The fraction of sp³-hybridized carbons (Fsp3) is 0.400. The van der Waals surface area contributed by atoms with Crippen LogP contribution in [0.3, 0.4) is 0 Å². The van der Waals surface area contributed by atoms with Crippen molar-refractivity contribution in [2.45, 2.75) is 26.2 Å². The summed E-state index contributed by atoms with van der Waals surface area (Å²) in [5.41, 5.74) is 0.723. The van der Waals surface area contributed by atoms with Crippen molar-refractivity contribution < 1.29 is 14.7 Å². The fourth-order valence-electron chi connectivity index (χ4n) is 1.11. The molecule has 1 rings (SSSR count). The lowest BCUT2D eigenvalue weighted by molar-refractivity contribution is -0.137. The Morgan fingerprint density at radius 3 is 2.71 bits per heavy atom. The minimum Gasteiger partial charge on any atom is -0.481 e. The number of hydrogen-bond acceptors (Lipinski definition) is 3. The number of aliphatic carboxylic acids is 1. The van der Waals surface area contributed by atoms with Crippen LogP contribution in [0.15, 0.2) is 11.4 Å². The van der Waals surface area contributed by atoms with Crippen LogP contribution in [0.2, 0.25) is 0 Å². The molecule has 0 aliphatic carbocycles. The lowest BCUT2D eigenvalue weighted by Crippen LogP contribution is -1.95. The lowest BCUT2D eigenvalue weighted by Gasteiger charge is -1.93. The maximum absolute atomic E-state index is 11.0. The molecule has 0 fully saturated rings. The van der Waals surface area contributed by atoms with Crippen LogP contribution >= 0.6 is 11.3 Å². The summed E-state index contributed by atoms with van der Waals surface area (Å²) < 4.78 is 0. The third-order valence-electron chi connectivity index (χ3n) is 1.87. The SMILES string of the molecule is CC(=O)c1csc(CCCC(=O)O)c1. The van der Waals surface area contributed by atoms with Crippen LogP contribution in [0, 0.1) is 0 Å². The number of thiophene rings is 1. The van der Waals surface area contributed by atoms with Crippen LogP contribution in [0.1, 0.15) is 35.0 Å². The number of carboxylic acid groups (broad SMARTS) is 1. The van der Waals surface area contributed by atoms with E-state index in [4.69, 9.17) is 5.11 Å². The highest BCUT2D eigenvalue weighted by Crippen LogP contribution is 2.17. The zero-order valence-electron chi connectivity index (χ0n) is 7.95. The molecule has 0 aromatic carbocycles. The van der Waals surface area contributed by atoms with Crippen LogP contribution in [-0.4, -0.2) is 16.9 Å². The molecule has 1 aromatic heterocycles. The van der Waals surface area contributed by atoms with E-state index < -0.39 is 5.97 Å². The summed E-state index contributed by atoms with van der Waals surface area (Å²) >= 11 is 1.52. The Balaban J connectivity index is 2.44. The second-order valence-electron chi connectivity index (χ2n) is 3.11. The summed E-state index contributed by atoms with van der Waals surface area (Å²) in [4.78, 5) is 22.3. The Morgan fingerprint density at radius 1 is 1.50 bits per heavy atom. The van der Waals surface area contributed by atoms with Gasteiger partial charge in [0.05, 0.1) is 0 Å². The predicted molar refractivity (Wildman–Crippen MR) is 54.9 cm³/mol. The monoisotopic (exact) mass is 212 g/mol. The molecule has 3 nitrogen and oxygen atoms in total. The third-order valence-corrected chi connectivity index (χ3v) is 2.87. The van der Waals surface area contributed by atoms with Crippen molar-refractivity contribution in [3.63, 3.8) is 0 Å². The largest absolute Gasteiger partial charge is 0.481 e. The second-order valence-corrected chi connectivity index (χ2v) is 4.10. The minimum absolute atomic E-state index is 0.0609. The highest BCUT2D eigenvalue weighted by atomic mass is 32.1. The molecule has 0 bridgehead atoms. The zero-order chi connectivity index (χ0) is 10.6. The van der Waals surface area contributed by atoms with Crippen LogP contribution in [0.4, 0.5) is 0 Å². The van der Waals surface area contributed by atoms with Gasteiger partial charge in [-0.3, -0.25) is 9.59 Å². The Hall–Kier alpha value is -1.16. The second kappa shape index (κ2) is 4.91. The molecule has 0 atom stereocenters. The molecule has 1 aromatic rings. The van der Waals surface area contributed by atoms with E-state index in [1.165, 1.54) is 18.3 Å². The molecule has 0 saturated carbocycles. The van der Waals surface area contributed by atoms with E-state index in [0.29, 0.717) is 6.42 Å².